The molecule has 0 radical (unpaired) electrons. The Kier molecular flexibility index (Phi) is 2.04. The second kappa shape index (κ2) is 3.45. The Morgan fingerprint density at radius 2 is 2.12 bits per heavy atom. The Bertz CT molecular complexity index is 694. The molecule has 0 unspecified atom stereocenters. The predicted octanol–water partition coefficient (Wildman–Crippen LogP) is 3.02. The molecule has 2 aromatic heterocycles. The van der Waals surface area contributed by atoms with Crippen LogP contribution in [-0.2, 0) is 7.05 Å². The van der Waals surface area contributed by atoms with Gasteiger partial charge in [0.1, 0.15) is 5.82 Å². The van der Waals surface area contributed by atoms with Crippen LogP contribution in [0.3, 0.4) is 0 Å². The molecule has 0 aliphatic rings. The molecule has 0 atom stereocenters. The van der Waals surface area contributed by atoms with Crippen LogP contribution in [0.2, 0.25) is 0 Å². The number of H-pyrrole nitrogens is 1. The summed E-state index contributed by atoms with van der Waals surface area (Å²) in [6.07, 6.45) is 3.73. The third kappa shape index (κ3) is 1.45. The molecule has 1 aromatic carbocycles. The highest BCUT2D eigenvalue weighted by Crippen LogP contribution is 2.30. The maximum atomic E-state index is 13.1. The SMILES string of the molecule is Cc1c(-c2c[nH]c3cc(F)ccc23)cnn1C. The summed E-state index contributed by atoms with van der Waals surface area (Å²) in [7, 11) is 1.91. The average Bonchev–Trinajstić information content (AvgIpc) is 2.84. The standard InChI is InChI=1S/C13H12FN3/c1-8-11(7-16-17(8)2)12-6-15-13-5-9(14)3-4-10(12)13/h3-7,15H,1-2H3. The first-order valence-electron chi connectivity index (χ1n) is 5.42. The smallest absolute Gasteiger partial charge is 0.125 e. The van der Waals surface area contributed by atoms with Crippen LogP contribution >= 0.6 is 0 Å². The summed E-state index contributed by atoms with van der Waals surface area (Å²) >= 11 is 0. The molecular weight excluding hydrogens is 217 g/mol. The van der Waals surface area contributed by atoms with Crippen molar-refractivity contribution in [3.63, 3.8) is 0 Å². The second-order valence-corrected chi connectivity index (χ2v) is 4.16. The summed E-state index contributed by atoms with van der Waals surface area (Å²) in [4.78, 5) is 3.09. The van der Waals surface area contributed by atoms with Crippen molar-refractivity contribution in [1.82, 2.24) is 14.8 Å². The number of nitrogens with one attached hydrogen (secondary N) is 1. The fourth-order valence-electron chi connectivity index (χ4n) is 2.08. The van der Waals surface area contributed by atoms with Gasteiger partial charge in [-0.25, -0.2) is 4.39 Å². The summed E-state index contributed by atoms with van der Waals surface area (Å²) < 4.78 is 14.9. The zero-order chi connectivity index (χ0) is 12.0. The zero-order valence-electron chi connectivity index (χ0n) is 9.66. The molecule has 0 spiro atoms. The van der Waals surface area contributed by atoms with Gasteiger partial charge in [0.15, 0.2) is 0 Å². The highest BCUT2D eigenvalue weighted by molar-refractivity contribution is 5.95. The lowest BCUT2D eigenvalue weighted by molar-refractivity contribution is 0.629. The Hall–Kier alpha value is -2.10. The number of hydrogen-bond donors (Lipinski definition) is 1. The van der Waals surface area contributed by atoms with Crippen molar-refractivity contribution < 1.29 is 4.39 Å². The highest BCUT2D eigenvalue weighted by atomic mass is 19.1. The van der Waals surface area contributed by atoms with Gasteiger partial charge in [0, 0.05) is 41.0 Å². The molecule has 0 fully saturated rings. The van der Waals surface area contributed by atoms with Crippen LogP contribution in [0.15, 0.2) is 30.6 Å². The minimum Gasteiger partial charge on any atom is -0.360 e. The number of rotatable bonds is 1. The molecule has 86 valence electrons. The number of halogens is 1. The van der Waals surface area contributed by atoms with E-state index < -0.39 is 0 Å². The van der Waals surface area contributed by atoms with Gasteiger partial charge >= 0.3 is 0 Å². The largest absolute Gasteiger partial charge is 0.360 e. The van der Waals surface area contributed by atoms with E-state index in [1.54, 1.807) is 6.07 Å². The number of nitrogens with zero attached hydrogens (tertiary/aromatic N) is 2. The van der Waals surface area contributed by atoms with Gasteiger partial charge in [0.2, 0.25) is 0 Å². The van der Waals surface area contributed by atoms with Crippen molar-refractivity contribution in [3.8, 4) is 11.1 Å². The van der Waals surface area contributed by atoms with E-state index in [9.17, 15) is 4.39 Å². The molecule has 0 aliphatic heterocycles. The van der Waals surface area contributed by atoms with E-state index >= 15 is 0 Å². The van der Waals surface area contributed by atoms with Crippen molar-refractivity contribution in [2.75, 3.05) is 0 Å². The quantitative estimate of drug-likeness (QED) is 0.683. The molecule has 17 heavy (non-hydrogen) atoms. The lowest BCUT2D eigenvalue weighted by Crippen LogP contribution is -1.92. The molecule has 2 heterocycles. The number of aryl methyl sites for hydroxylation is 1. The first-order valence-corrected chi connectivity index (χ1v) is 5.42. The second-order valence-electron chi connectivity index (χ2n) is 4.16. The lowest BCUT2D eigenvalue weighted by atomic mass is 10.1. The van der Waals surface area contributed by atoms with E-state index in [4.69, 9.17) is 0 Å². The van der Waals surface area contributed by atoms with Gasteiger partial charge in [0.25, 0.3) is 0 Å². The van der Waals surface area contributed by atoms with Crippen molar-refractivity contribution in [2.45, 2.75) is 6.92 Å². The predicted molar refractivity (Wildman–Crippen MR) is 65.2 cm³/mol. The number of aromatic nitrogens is 3. The van der Waals surface area contributed by atoms with Crippen molar-refractivity contribution >= 4 is 10.9 Å². The minimum absolute atomic E-state index is 0.228. The van der Waals surface area contributed by atoms with Gasteiger partial charge in [-0.2, -0.15) is 5.10 Å². The molecule has 3 rings (SSSR count). The van der Waals surface area contributed by atoms with Crippen molar-refractivity contribution in [3.05, 3.63) is 42.1 Å². The number of aromatic amines is 1. The van der Waals surface area contributed by atoms with E-state index in [1.165, 1.54) is 12.1 Å². The van der Waals surface area contributed by atoms with Crippen LogP contribution in [0, 0.1) is 12.7 Å². The summed E-state index contributed by atoms with van der Waals surface area (Å²) in [6.45, 7) is 2.02. The third-order valence-electron chi connectivity index (χ3n) is 3.17. The van der Waals surface area contributed by atoms with Crippen molar-refractivity contribution in [2.24, 2.45) is 7.05 Å². The van der Waals surface area contributed by atoms with E-state index in [0.717, 1.165) is 27.7 Å². The number of fused-ring (bicyclic) bond motifs is 1. The van der Waals surface area contributed by atoms with E-state index in [2.05, 4.69) is 10.1 Å². The molecule has 3 nitrogen and oxygen atoms in total. The molecule has 4 heteroatoms. The highest BCUT2D eigenvalue weighted by Gasteiger charge is 2.11. The zero-order valence-corrected chi connectivity index (χ0v) is 9.66. The Balaban J connectivity index is 2.28. The van der Waals surface area contributed by atoms with Crippen LogP contribution in [0.25, 0.3) is 22.0 Å². The molecule has 0 saturated carbocycles. The maximum absolute atomic E-state index is 13.1. The van der Waals surface area contributed by atoms with Gasteiger partial charge in [-0.05, 0) is 25.1 Å². The van der Waals surface area contributed by atoms with Crippen LogP contribution in [0.4, 0.5) is 4.39 Å². The minimum atomic E-state index is -0.228. The van der Waals surface area contributed by atoms with Crippen LogP contribution < -0.4 is 0 Å². The first-order chi connectivity index (χ1) is 8.16. The van der Waals surface area contributed by atoms with E-state index in [-0.39, 0.29) is 5.82 Å². The molecule has 0 aliphatic carbocycles. The number of hydrogen-bond acceptors (Lipinski definition) is 1. The van der Waals surface area contributed by atoms with E-state index in [1.807, 2.05) is 31.0 Å². The Labute approximate surface area is 97.9 Å². The summed E-state index contributed by atoms with van der Waals surface area (Å²) in [6, 6.07) is 4.78. The van der Waals surface area contributed by atoms with Gasteiger partial charge in [-0.3, -0.25) is 4.68 Å². The topological polar surface area (TPSA) is 33.6 Å². The Morgan fingerprint density at radius 1 is 1.29 bits per heavy atom. The van der Waals surface area contributed by atoms with Gasteiger partial charge in [-0.15, -0.1) is 0 Å². The van der Waals surface area contributed by atoms with Gasteiger partial charge in [-0.1, -0.05) is 0 Å². The van der Waals surface area contributed by atoms with Gasteiger partial charge in [0.05, 0.1) is 6.20 Å². The summed E-state index contributed by atoms with van der Waals surface area (Å²) in [5.74, 6) is -0.228. The lowest BCUT2D eigenvalue weighted by Gasteiger charge is -1.99. The summed E-state index contributed by atoms with van der Waals surface area (Å²) in [5.41, 5.74) is 4.04. The Morgan fingerprint density at radius 3 is 2.82 bits per heavy atom. The van der Waals surface area contributed by atoms with Crippen LogP contribution in [0.1, 0.15) is 5.69 Å². The normalized spacial score (nSPS) is 11.2. The molecule has 3 aromatic rings. The molecule has 0 saturated heterocycles. The average molecular weight is 229 g/mol. The fraction of sp³-hybridized carbons (Fsp3) is 0.154. The molecular formula is C13H12FN3. The number of benzene rings is 1. The molecule has 1 N–H and O–H groups in total. The molecule has 0 amide bonds. The van der Waals surface area contributed by atoms with Crippen molar-refractivity contribution in [1.29, 1.82) is 0 Å². The monoisotopic (exact) mass is 229 g/mol. The van der Waals surface area contributed by atoms with Gasteiger partial charge < -0.3 is 4.98 Å². The first kappa shape index (κ1) is 10.1. The van der Waals surface area contributed by atoms with Crippen LogP contribution in [-0.4, -0.2) is 14.8 Å². The van der Waals surface area contributed by atoms with E-state index in [0.29, 0.717) is 0 Å². The summed E-state index contributed by atoms with van der Waals surface area (Å²) in [5, 5.41) is 5.24. The fourth-order valence-corrected chi connectivity index (χ4v) is 2.08. The van der Waals surface area contributed by atoms with Crippen LogP contribution in [0.5, 0.6) is 0 Å². The maximum Gasteiger partial charge on any atom is 0.125 e. The molecule has 0 bridgehead atoms. The third-order valence-corrected chi connectivity index (χ3v) is 3.17.